The lowest BCUT2D eigenvalue weighted by Gasteiger charge is -2.06. The van der Waals surface area contributed by atoms with E-state index in [9.17, 15) is 0 Å². The van der Waals surface area contributed by atoms with Crippen molar-refractivity contribution < 1.29 is 0 Å². The molecule has 0 amide bonds. The molecule has 4 rings (SSSR count). The van der Waals surface area contributed by atoms with Crippen LogP contribution in [0.4, 0.5) is 0 Å². The summed E-state index contributed by atoms with van der Waals surface area (Å²) in [7, 11) is 0. The highest BCUT2D eigenvalue weighted by Gasteiger charge is 2.14. The Balaban J connectivity index is 1.91. The molecule has 0 atom stereocenters. The first-order valence-electron chi connectivity index (χ1n) is 7.41. The van der Waals surface area contributed by atoms with E-state index in [1.54, 1.807) is 11.8 Å². The first kappa shape index (κ1) is 14.6. The van der Waals surface area contributed by atoms with E-state index >= 15 is 0 Å². The Labute approximate surface area is 147 Å². The number of para-hydroxylation sites is 1. The van der Waals surface area contributed by atoms with Gasteiger partial charge in [0.15, 0.2) is 0 Å². The molecule has 1 nitrogen and oxygen atoms in total. The van der Waals surface area contributed by atoms with Crippen LogP contribution in [-0.2, 0) is 0 Å². The van der Waals surface area contributed by atoms with Crippen molar-refractivity contribution in [3.8, 4) is 11.3 Å². The van der Waals surface area contributed by atoms with Gasteiger partial charge in [-0.2, -0.15) is 0 Å². The quantitative estimate of drug-likeness (QED) is 0.416. The van der Waals surface area contributed by atoms with E-state index in [0.29, 0.717) is 0 Å². The van der Waals surface area contributed by atoms with Crippen molar-refractivity contribution in [3.05, 3.63) is 83.3 Å². The topological polar surface area (TPSA) is 15.8 Å². The SMILES string of the molecule is Brc1cccc(-c2[nH]c3ccccc3c2Sc2ccccc2)c1. The third-order valence-corrected chi connectivity index (χ3v) is 5.36. The van der Waals surface area contributed by atoms with Gasteiger partial charge in [0.2, 0.25) is 0 Å². The smallest absolute Gasteiger partial charge is 0.0607 e. The summed E-state index contributed by atoms with van der Waals surface area (Å²) in [6, 6.07) is 27.4. The fraction of sp³-hybridized carbons (Fsp3) is 0. The largest absolute Gasteiger partial charge is 0.354 e. The minimum Gasteiger partial charge on any atom is -0.354 e. The van der Waals surface area contributed by atoms with Gasteiger partial charge in [0, 0.05) is 30.7 Å². The van der Waals surface area contributed by atoms with Crippen LogP contribution in [-0.4, -0.2) is 4.98 Å². The van der Waals surface area contributed by atoms with Crippen molar-refractivity contribution in [2.45, 2.75) is 9.79 Å². The molecular weight excluding hydrogens is 366 g/mol. The van der Waals surface area contributed by atoms with Crippen LogP contribution >= 0.6 is 27.7 Å². The molecule has 4 aromatic rings. The van der Waals surface area contributed by atoms with Crippen LogP contribution in [0.3, 0.4) is 0 Å². The summed E-state index contributed by atoms with van der Waals surface area (Å²) in [6.45, 7) is 0. The summed E-state index contributed by atoms with van der Waals surface area (Å²) < 4.78 is 1.09. The van der Waals surface area contributed by atoms with Gasteiger partial charge in [-0.15, -0.1) is 0 Å². The molecule has 3 aromatic carbocycles. The second-order valence-electron chi connectivity index (χ2n) is 5.30. The molecule has 0 saturated carbocycles. The zero-order chi connectivity index (χ0) is 15.6. The second kappa shape index (κ2) is 6.26. The van der Waals surface area contributed by atoms with Crippen LogP contribution in [0.2, 0.25) is 0 Å². The molecule has 1 N–H and O–H groups in total. The van der Waals surface area contributed by atoms with Gasteiger partial charge in [0.25, 0.3) is 0 Å². The Morgan fingerprint density at radius 2 is 1.57 bits per heavy atom. The zero-order valence-electron chi connectivity index (χ0n) is 12.3. The number of H-pyrrole nitrogens is 1. The number of aromatic nitrogens is 1. The van der Waals surface area contributed by atoms with Crippen molar-refractivity contribution in [3.63, 3.8) is 0 Å². The van der Waals surface area contributed by atoms with E-state index in [0.717, 1.165) is 4.47 Å². The lowest BCUT2D eigenvalue weighted by atomic mass is 10.1. The van der Waals surface area contributed by atoms with E-state index in [4.69, 9.17) is 0 Å². The third kappa shape index (κ3) is 2.94. The summed E-state index contributed by atoms with van der Waals surface area (Å²) in [4.78, 5) is 6.10. The highest BCUT2D eigenvalue weighted by atomic mass is 79.9. The van der Waals surface area contributed by atoms with E-state index in [1.807, 2.05) is 0 Å². The van der Waals surface area contributed by atoms with Gasteiger partial charge >= 0.3 is 0 Å². The van der Waals surface area contributed by atoms with E-state index in [2.05, 4.69) is 99.8 Å². The normalized spacial score (nSPS) is 11.0. The first-order chi connectivity index (χ1) is 11.3. The minimum atomic E-state index is 1.09. The predicted octanol–water partition coefficient (Wildman–Crippen LogP) is 6.75. The fourth-order valence-corrected chi connectivity index (χ4v) is 4.16. The Morgan fingerprint density at radius 1 is 0.783 bits per heavy atom. The van der Waals surface area contributed by atoms with Gasteiger partial charge in [0.05, 0.1) is 5.69 Å². The number of hydrogen-bond donors (Lipinski definition) is 1. The number of fused-ring (bicyclic) bond motifs is 1. The molecule has 0 spiro atoms. The van der Waals surface area contributed by atoms with Gasteiger partial charge in [-0.25, -0.2) is 0 Å². The second-order valence-corrected chi connectivity index (χ2v) is 7.30. The first-order valence-corrected chi connectivity index (χ1v) is 9.02. The summed E-state index contributed by atoms with van der Waals surface area (Å²) in [5.74, 6) is 0. The van der Waals surface area contributed by atoms with Crippen LogP contribution in [0.5, 0.6) is 0 Å². The molecule has 23 heavy (non-hydrogen) atoms. The number of benzene rings is 3. The lowest BCUT2D eigenvalue weighted by molar-refractivity contribution is 1.38. The molecular formula is C20H14BrNS. The number of halogens is 1. The van der Waals surface area contributed by atoms with Crippen molar-refractivity contribution in [2.24, 2.45) is 0 Å². The summed E-state index contributed by atoms with van der Waals surface area (Å²) >= 11 is 5.38. The van der Waals surface area contributed by atoms with Gasteiger partial charge in [-0.1, -0.05) is 76.2 Å². The molecule has 0 aliphatic rings. The van der Waals surface area contributed by atoms with Crippen molar-refractivity contribution in [1.82, 2.24) is 4.98 Å². The number of rotatable bonds is 3. The molecule has 0 aliphatic carbocycles. The molecule has 112 valence electrons. The highest BCUT2D eigenvalue weighted by molar-refractivity contribution is 9.10. The zero-order valence-corrected chi connectivity index (χ0v) is 14.7. The molecule has 0 aliphatic heterocycles. The Morgan fingerprint density at radius 3 is 2.39 bits per heavy atom. The van der Waals surface area contributed by atoms with Gasteiger partial charge < -0.3 is 4.98 Å². The number of nitrogens with one attached hydrogen (secondary N) is 1. The van der Waals surface area contributed by atoms with Crippen LogP contribution in [0.25, 0.3) is 22.2 Å². The monoisotopic (exact) mass is 379 g/mol. The lowest BCUT2D eigenvalue weighted by Crippen LogP contribution is -1.81. The Bertz CT molecular complexity index is 960. The molecule has 0 unspecified atom stereocenters. The van der Waals surface area contributed by atoms with Crippen molar-refractivity contribution in [1.29, 1.82) is 0 Å². The maximum atomic E-state index is 3.59. The molecule has 3 heteroatoms. The van der Waals surface area contributed by atoms with Crippen molar-refractivity contribution in [2.75, 3.05) is 0 Å². The van der Waals surface area contributed by atoms with Gasteiger partial charge in [-0.3, -0.25) is 0 Å². The average Bonchev–Trinajstić information content (AvgIpc) is 2.95. The van der Waals surface area contributed by atoms with Crippen LogP contribution in [0.1, 0.15) is 0 Å². The average molecular weight is 380 g/mol. The van der Waals surface area contributed by atoms with Gasteiger partial charge in [0.1, 0.15) is 0 Å². The molecule has 0 radical (unpaired) electrons. The summed E-state index contributed by atoms with van der Waals surface area (Å²) in [5, 5.41) is 1.26. The molecule has 0 fully saturated rings. The predicted molar refractivity (Wildman–Crippen MR) is 102 cm³/mol. The molecule has 0 saturated heterocycles. The van der Waals surface area contributed by atoms with E-state index < -0.39 is 0 Å². The standard InChI is InChI=1S/C20H14BrNS/c21-15-8-6-7-14(13-15)19-20(23-16-9-2-1-3-10-16)17-11-4-5-12-18(17)22-19/h1-13,22H. The van der Waals surface area contributed by atoms with Crippen molar-refractivity contribution >= 4 is 38.6 Å². The number of aromatic amines is 1. The maximum absolute atomic E-state index is 3.59. The molecule has 1 heterocycles. The summed E-state index contributed by atoms with van der Waals surface area (Å²) in [5.41, 5.74) is 3.52. The fourth-order valence-electron chi connectivity index (χ4n) is 2.68. The number of hydrogen-bond acceptors (Lipinski definition) is 1. The minimum absolute atomic E-state index is 1.09. The van der Waals surface area contributed by atoms with Crippen LogP contribution < -0.4 is 0 Å². The highest BCUT2D eigenvalue weighted by Crippen LogP contribution is 2.41. The van der Waals surface area contributed by atoms with E-state index in [1.165, 1.54) is 32.0 Å². The Kier molecular flexibility index (Phi) is 3.98. The summed E-state index contributed by atoms with van der Waals surface area (Å²) in [6.07, 6.45) is 0. The molecule has 1 aromatic heterocycles. The molecule has 0 bridgehead atoms. The van der Waals surface area contributed by atoms with E-state index in [-0.39, 0.29) is 0 Å². The third-order valence-electron chi connectivity index (χ3n) is 3.73. The van der Waals surface area contributed by atoms with Crippen LogP contribution in [0, 0.1) is 0 Å². The Hall–Kier alpha value is -1.97. The van der Waals surface area contributed by atoms with Gasteiger partial charge in [-0.05, 0) is 30.3 Å². The maximum Gasteiger partial charge on any atom is 0.0607 e. The van der Waals surface area contributed by atoms with Crippen LogP contribution in [0.15, 0.2) is 93.1 Å².